The van der Waals surface area contributed by atoms with Crippen LogP contribution in [0.5, 0.6) is 0 Å². The van der Waals surface area contributed by atoms with Gasteiger partial charge in [-0.05, 0) is 19.4 Å². The van der Waals surface area contributed by atoms with E-state index in [4.69, 9.17) is 4.52 Å². The Balaban J connectivity index is 1.96. The average molecular weight is 236 g/mol. The van der Waals surface area contributed by atoms with Gasteiger partial charge in [0, 0.05) is 12.3 Å². The molecule has 0 bridgehead atoms. The van der Waals surface area contributed by atoms with E-state index in [1.165, 1.54) is 11.1 Å². The molecule has 16 heavy (non-hydrogen) atoms. The highest BCUT2D eigenvalue weighted by molar-refractivity contribution is 7.59. The SMILES string of the molecule is CC1=C(C)CP(=O)(OCc2ccccc2)C1. The fourth-order valence-electron chi connectivity index (χ4n) is 1.91. The van der Waals surface area contributed by atoms with E-state index in [1.807, 2.05) is 44.2 Å². The van der Waals surface area contributed by atoms with Crippen molar-refractivity contribution in [1.82, 2.24) is 0 Å². The molecule has 0 saturated heterocycles. The minimum Gasteiger partial charge on any atom is -0.323 e. The van der Waals surface area contributed by atoms with Crippen LogP contribution in [0.3, 0.4) is 0 Å². The Bertz CT molecular complexity index is 430. The van der Waals surface area contributed by atoms with Crippen LogP contribution in [-0.4, -0.2) is 12.3 Å². The van der Waals surface area contributed by atoms with E-state index < -0.39 is 7.37 Å². The first-order valence-corrected chi connectivity index (χ1v) is 7.50. The molecule has 86 valence electrons. The van der Waals surface area contributed by atoms with Crippen molar-refractivity contribution >= 4 is 7.37 Å². The number of hydrogen-bond donors (Lipinski definition) is 0. The fraction of sp³-hybridized carbons (Fsp3) is 0.385. The van der Waals surface area contributed by atoms with Crippen LogP contribution >= 0.6 is 7.37 Å². The maximum absolute atomic E-state index is 12.3. The van der Waals surface area contributed by atoms with Crippen LogP contribution in [0.25, 0.3) is 0 Å². The molecule has 0 amide bonds. The molecule has 0 unspecified atom stereocenters. The number of rotatable bonds is 3. The van der Waals surface area contributed by atoms with Gasteiger partial charge in [-0.15, -0.1) is 0 Å². The van der Waals surface area contributed by atoms with Crippen LogP contribution in [0.4, 0.5) is 0 Å². The maximum atomic E-state index is 12.3. The van der Waals surface area contributed by atoms with Gasteiger partial charge in [0.25, 0.3) is 0 Å². The van der Waals surface area contributed by atoms with E-state index in [0.29, 0.717) is 18.9 Å². The van der Waals surface area contributed by atoms with Crippen LogP contribution in [0.2, 0.25) is 0 Å². The number of allylic oxidation sites excluding steroid dienone is 2. The lowest BCUT2D eigenvalue weighted by atomic mass is 10.2. The Hall–Kier alpha value is -0.850. The monoisotopic (exact) mass is 236 g/mol. The third kappa shape index (κ3) is 2.63. The van der Waals surface area contributed by atoms with Crippen molar-refractivity contribution in [1.29, 1.82) is 0 Å². The van der Waals surface area contributed by atoms with Gasteiger partial charge in [0.15, 0.2) is 0 Å². The lowest BCUT2D eigenvalue weighted by molar-refractivity contribution is 0.306. The van der Waals surface area contributed by atoms with Crippen LogP contribution in [0.1, 0.15) is 19.4 Å². The van der Waals surface area contributed by atoms with E-state index in [-0.39, 0.29) is 0 Å². The molecular weight excluding hydrogens is 219 g/mol. The Labute approximate surface area is 96.8 Å². The molecule has 0 N–H and O–H groups in total. The predicted octanol–water partition coefficient (Wildman–Crippen LogP) is 3.83. The van der Waals surface area contributed by atoms with E-state index in [1.54, 1.807) is 0 Å². The molecule has 1 aromatic carbocycles. The van der Waals surface area contributed by atoms with E-state index in [0.717, 1.165) is 5.56 Å². The molecular formula is C13H17O2P. The summed E-state index contributed by atoms with van der Waals surface area (Å²) < 4.78 is 18.0. The number of hydrogen-bond acceptors (Lipinski definition) is 2. The standard InChI is InChI=1S/C13H17O2P/c1-11-9-16(14,10-12(11)2)15-8-13-6-4-3-5-7-13/h3-7H,8-10H2,1-2H3. The molecule has 0 radical (unpaired) electrons. The van der Waals surface area contributed by atoms with Crippen molar-refractivity contribution in [3.05, 3.63) is 47.0 Å². The molecule has 1 aromatic rings. The van der Waals surface area contributed by atoms with Gasteiger partial charge >= 0.3 is 0 Å². The molecule has 0 aliphatic carbocycles. The lowest BCUT2D eigenvalue weighted by Crippen LogP contribution is -1.95. The van der Waals surface area contributed by atoms with Gasteiger partial charge in [-0.3, -0.25) is 4.57 Å². The molecule has 1 heterocycles. The highest BCUT2D eigenvalue weighted by Crippen LogP contribution is 2.55. The second kappa shape index (κ2) is 4.57. The van der Waals surface area contributed by atoms with Crippen LogP contribution in [0, 0.1) is 0 Å². The summed E-state index contributed by atoms with van der Waals surface area (Å²) in [7, 11) is -2.42. The minimum atomic E-state index is -2.42. The maximum Gasteiger partial charge on any atom is 0.211 e. The highest BCUT2D eigenvalue weighted by atomic mass is 31.2. The molecule has 3 heteroatoms. The summed E-state index contributed by atoms with van der Waals surface area (Å²) >= 11 is 0. The van der Waals surface area contributed by atoms with Crippen molar-refractivity contribution in [3.8, 4) is 0 Å². The van der Waals surface area contributed by atoms with Crippen LogP contribution < -0.4 is 0 Å². The third-order valence-corrected chi connectivity index (χ3v) is 5.51. The normalized spacial score (nSPS) is 19.1. The first-order chi connectivity index (χ1) is 7.59. The summed E-state index contributed by atoms with van der Waals surface area (Å²) in [5.41, 5.74) is 3.55. The van der Waals surface area contributed by atoms with Gasteiger partial charge in [0.05, 0.1) is 6.61 Å². The molecule has 0 spiro atoms. The second-order valence-electron chi connectivity index (χ2n) is 4.45. The summed E-state index contributed by atoms with van der Waals surface area (Å²) in [5.74, 6) is 0. The van der Waals surface area contributed by atoms with Gasteiger partial charge in [-0.25, -0.2) is 0 Å². The van der Waals surface area contributed by atoms with Crippen LogP contribution in [-0.2, 0) is 15.7 Å². The molecule has 2 nitrogen and oxygen atoms in total. The van der Waals surface area contributed by atoms with Gasteiger partial charge in [0.2, 0.25) is 7.37 Å². The fourth-order valence-corrected chi connectivity index (χ4v) is 4.57. The summed E-state index contributed by atoms with van der Waals surface area (Å²) in [6.45, 7) is 4.54. The highest BCUT2D eigenvalue weighted by Gasteiger charge is 2.30. The first-order valence-electron chi connectivity index (χ1n) is 5.51. The molecule has 0 saturated carbocycles. The zero-order chi connectivity index (χ0) is 11.6. The summed E-state index contributed by atoms with van der Waals surface area (Å²) in [4.78, 5) is 0. The summed E-state index contributed by atoms with van der Waals surface area (Å²) in [5, 5.41) is 0. The third-order valence-electron chi connectivity index (χ3n) is 2.99. The van der Waals surface area contributed by atoms with Crippen LogP contribution in [0.15, 0.2) is 41.5 Å². The van der Waals surface area contributed by atoms with E-state index in [2.05, 4.69) is 0 Å². The lowest BCUT2D eigenvalue weighted by Gasteiger charge is -2.12. The molecule has 1 aliphatic rings. The smallest absolute Gasteiger partial charge is 0.211 e. The van der Waals surface area contributed by atoms with E-state index in [9.17, 15) is 4.57 Å². The topological polar surface area (TPSA) is 26.3 Å². The van der Waals surface area contributed by atoms with Crippen molar-refractivity contribution in [2.75, 3.05) is 12.3 Å². The Morgan fingerprint density at radius 2 is 1.69 bits per heavy atom. The second-order valence-corrected chi connectivity index (χ2v) is 6.97. The molecule has 0 fully saturated rings. The van der Waals surface area contributed by atoms with Gasteiger partial charge in [-0.2, -0.15) is 0 Å². The number of benzene rings is 1. The summed E-state index contributed by atoms with van der Waals surface area (Å²) in [6.07, 6.45) is 1.26. The Morgan fingerprint density at radius 1 is 1.12 bits per heavy atom. The Kier molecular flexibility index (Phi) is 3.32. The zero-order valence-corrected chi connectivity index (χ0v) is 10.7. The first kappa shape index (κ1) is 11.6. The minimum absolute atomic E-state index is 0.457. The van der Waals surface area contributed by atoms with Crippen molar-refractivity contribution in [3.63, 3.8) is 0 Å². The molecule has 0 aromatic heterocycles. The van der Waals surface area contributed by atoms with Crippen molar-refractivity contribution < 1.29 is 9.09 Å². The average Bonchev–Trinajstić information content (AvgIpc) is 2.53. The zero-order valence-electron chi connectivity index (χ0n) is 9.77. The predicted molar refractivity (Wildman–Crippen MR) is 66.9 cm³/mol. The largest absolute Gasteiger partial charge is 0.323 e. The molecule has 2 rings (SSSR count). The molecule has 0 atom stereocenters. The van der Waals surface area contributed by atoms with Crippen molar-refractivity contribution in [2.24, 2.45) is 0 Å². The molecule has 1 aliphatic heterocycles. The quantitative estimate of drug-likeness (QED) is 0.589. The van der Waals surface area contributed by atoms with Gasteiger partial charge in [-0.1, -0.05) is 41.5 Å². The Morgan fingerprint density at radius 3 is 2.25 bits per heavy atom. The van der Waals surface area contributed by atoms with Gasteiger partial charge < -0.3 is 4.52 Å². The summed E-state index contributed by atoms with van der Waals surface area (Å²) in [6, 6.07) is 9.90. The van der Waals surface area contributed by atoms with E-state index >= 15 is 0 Å². The van der Waals surface area contributed by atoms with Gasteiger partial charge in [0.1, 0.15) is 0 Å². The van der Waals surface area contributed by atoms with Crippen molar-refractivity contribution in [2.45, 2.75) is 20.5 Å².